The van der Waals surface area contributed by atoms with Crippen molar-refractivity contribution < 1.29 is 0 Å². The molecule has 1 aromatic heterocycles. The van der Waals surface area contributed by atoms with Crippen LogP contribution in [0.5, 0.6) is 0 Å². The Hall–Kier alpha value is -2.25. The highest BCUT2D eigenvalue weighted by atomic mass is 35.5. The predicted molar refractivity (Wildman–Crippen MR) is 125 cm³/mol. The number of hydrogen-bond acceptors (Lipinski definition) is 0. The van der Waals surface area contributed by atoms with Crippen LogP contribution in [0.25, 0.3) is 27.5 Å². The summed E-state index contributed by atoms with van der Waals surface area (Å²) in [6.07, 6.45) is 0. The largest absolute Gasteiger partial charge is 0.309 e. The lowest BCUT2D eigenvalue weighted by atomic mass is 9.86. The molecule has 0 N–H and O–H groups in total. The Kier molecular flexibility index (Phi) is 5.59. The number of benzene rings is 3. The van der Waals surface area contributed by atoms with Gasteiger partial charge in [0.25, 0.3) is 0 Å². The average molecular weight is 392 g/mol. The Morgan fingerprint density at radius 2 is 1.29 bits per heavy atom. The molecule has 0 unspecified atom stereocenters. The molecular weight excluding hydrogens is 362 g/mol. The fourth-order valence-electron chi connectivity index (χ4n) is 3.86. The molecule has 28 heavy (non-hydrogen) atoms. The zero-order chi connectivity index (χ0) is 20.6. The summed E-state index contributed by atoms with van der Waals surface area (Å²) >= 11 is 6.38. The minimum atomic E-state index is 0.105. The quantitative estimate of drug-likeness (QED) is 0.307. The molecule has 0 aliphatic carbocycles. The van der Waals surface area contributed by atoms with E-state index in [1.807, 2.05) is 19.9 Å². The number of halogens is 1. The summed E-state index contributed by atoms with van der Waals surface area (Å²) in [7, 11) is 0. The van der Waals surface area contributed by atoms with Crippen LogP contribution in [0.3, 0.4) is 0 Å². The maximum Gasteiger partial charge on any atom is 0.0556 e. The summed E-state index contributed by atoms with van der Waals surface area (Å²) < 4.78 is 2.39. The van der Waals surface area contributed by atoms with Gasteiger partial charge < -0.3 is 4.57 Å². The summed E-state index contributed by atoms with van der Waals surface area (Å²) in [5.41, 5.74) is 7.64. The van der Waals surface area contributed by atoms with Gasteiger partial charge in [-0.25, -0.2) is 0 Å². The molecule has 0 aliphatic rings. The Morgan fingerprint density at radius 3 is 1.86 bits per heavy atom. The third-order valence-corrected chi connectivity index (χ3v) is 5.49. The molecular formula is C26H30ClN. The van der Waals surface area contributed by atoms with Gasteiger partial charge in [-0.2, -0.15) is 0 Å². The average Bonchev–Trinajstić information content (AvgIpc) is 2.95. The van der Waals surface area contributed by atoms with E-state index in [-0.39, 0.29) is 5.41 Å². The van der Waals surface area contributed by atoms with Crippen LogP contribution >= 0.6 is 11.6 Å². The molecule has 0 atom stereocenters. The van der Waals surface area contributed by atoms with Crippen molar-refractivity contribution in [3.05, 3.63) is 76.3 Å². The molecule has 2 heteroatoms. The van der Waals surface area contributed by atoms with Crippen LogP contribution in [0.15, 0.2) is 54.6 Å². The first-order valence-electron chi connectivity index (χ1n) is 10.1. The molecule has 0 bridgehead atoms. The van der Waals surface area contributed by atoms with Crippen LogP contribution in [0.2, 0.25) is 5.02 Å². The minimum Gasteiger partial charge on any atom is -0.309 e. The minimum absolute atomic E-state index is 0.105. The zero-order valence-electron chi connectivity index (χ0n) is 18.0. The third kappa shape index (κ3) is 3.44. The lowest BCUT2D eigenvalue weighted by Gasteiger charge is -2.20. The fourth-order valence-corrected chi connectivity index (χ4v) is 4.02. The highest BCUT2D eigenvalue weighted by Crippen LogP contribution is 2.37. The third-order valence-electron chi connectivity index (χ3n) is 5.26. The van der Waals surface area contributed by atoms with Gasteiger partial charge in [0.15, 0.2) is 0 Å². The summed E-state index contributed by atoms with van der Waals surface area (Å²) in [6, 6.07) is 19.5. The van der Waals surface area contributed by atoms with Gasteiger partial charge in [-0.05, 0) is 54.2 Å². The molecule has 0 amide bonds. The Bertz CT molecular complexity index is 1120. The molecule has 0 saturated heterocycles. The van der Waals surface area contributed by atoms with Crippen molar-refractivity contribution in [2.24, 2.45) is 0 Å². The van der Waals surface area contributed by atoms with Gasteiger partial charge in [0.1, 0.15) is 0 Å². The number of fused-ring (bicyclic) bond motifs is 3. The zero-order valence-corrected chi connectivity index (χ0v) is 18.8. The predicted octanol–water partition coefficient (Wildman–Crippen LogP) is 8.38. The molecule has 0 radical (unpaired) electrons. The molecule has 4 aromatic rings. The lowest BCUT2D eigenvalue weighted by molar-refractivity contribution is 0.591. The van der Waals surface area contributed by atoms with E-state index in [2.05, 4.69) is 87.7 Å². The van der Waals surface area contributed by atoms with Crippen LogP contribution < -0.4 is 0 Å². The second-order valence-electron chi connectivity index (χ2n) is 8.22. The standard InChI is InChI=1S/C24H24ClN.C2H6/c1-15-7-6-8-16(2)23(15)26-21-13-17(24(3,4)5)9-11-19(21)20-12-10-18(25)14-22(20)26;1-2/h6-14H,1-5H3;1-2H3. The number of aromatic nitrogens is 1. The van der Waals surface area contributed by atoms with Crippen molar-refractivity contribution in [3.8, 4) is 5.69 Å². The summed E-state index contributed by atoms with van der Waals surface area (Å²) in [5.74, 6) is 0. The van der Waals surface area contributed by atoms with E-state index in [1.54, 1.807) is 0 Å². The van der Waals surface area contributed by atoms with Crippen molar-refractivity contribution in [2.45, 2.75) is 53.9 Å². The van der Waals surface area contributed by atoms with E-state index in [1.165, 1.54) is 38.7 Å². The molecule has 0 fully saturated rings. The van der Waals surface area contributed by atoms with Gasteiger partial charge in [-0.1, -0.05) is 82.6 Å². The monoisotopic (exact) mass is 391 g/mol. The van der Waals surface area contributed by atoms with E-state index in [4.69, 9.17) is 11.6 Å². The van der Waals surface area contributed by atoms with Crippen molar-refractivity contribution in [2.75, 3.05) is 0 Å². The smallest absolute Gasteiger partial charge is 0.0556 e. The molecule has 1 nitrogen and oxygen atoms in total. The van der Waals surface area contributed by atoms with E-state index in [9.17, 15) is 0 Å². The van der Waals surface area contributed by atoms with E-state index in [0.717, 1.165) is 10.5 Å². The SMILES string of the molecule is CC.Cc1cccc(C)c1-n1c2cc(Cl)ccc2c2ccc(C(C)(C)C)cc21. The highest BCUT2D eigenvalue weighted by Gasteiger charge is 2.19. The Labute approximate surface area is 173 Å². The van der Waals surface area contributed by atoms with Crippen molar-refractivity contribution in [1.29, 1.82) is 0 Å². The number of nitrogens with zero attached hydrogens (tertiary/aromatic N) is 1. The van der Waals surface area contributed by atoms with Crippen molar-refractivity contribution in [1.82, 2.24) is 4.57 Å². The van der Waals surface area contributed by atoms with Gasteiger partial charge in [-0.15, -0.1) is 0 Å². The van der Waals surface area contributed by atoms with Crippen LogP contribution in [-0.4, -0.2) is 4.57 Å². The van der Waals surface area contributed by atoms with Crippen LogP contribution in [0.1, 0.15) is 51.3 Å². The molecule has 146 valence electrons. The first-order chi connectivity index (χ1) is 13.3. The van der Waals surface area contributed by atoms with Gasteiger partial charge in [0.2, 0.25) is 0 Å². The number of aryl methyl sites for hydroxylation is 2. The molecule has 1 heterocycles. The van der Waals surface area contributed by atoms with Crippen LogP contribution in [0, 0.1) is 13.8 Å². The molecule has 0 saturated carbocycles. The first kappa shape index (κ1) is 20.5. The van der Waals surface area contributed by atoms with Gasteiger partial charge >= 0.3 is 0 Å². The lowest BCUT2D eigenvalue weighted by Crippen LogP contribution is -2.11. The second kappa shape index (κ2) is 7.64. The molecule has 4 rings (SSSR count). The maximum absolute atomic E-state index is 6.38. The van der Waals surface area contributed by atoms with Gasteiger partial charge in [-0.3, -0.25) is 0 Å². The van der Waals surface area contributed by atoms with Crippen molar-refractivity contribution in [3.63, 3.8) is 0 Å². The first-order valence-corrected chi connectivity index (χ1v) is 10.5. The summed E-state index contributed by atoms with van der Waals surface area (Å²) in [4.78, 5) is 0. The van der Waals surface area contributed by atoms with Gasteiger partial charge in [0.05, 0.1) is 16.7 Å². The molecule has 0 spiro atoms. The van der Waals surface area contributed by atoms with Crippen LogP contribution in [0.4, 0.5) is 0 Å². The highest BCUT2D eigenvalue weighted by molar-refractivity contribution is 6.31. The second-order valence-corrected chi connectivity index (χ2v) is 8.66. The topological polar surface area (TPSA) is 4.93 Å². The maximum atomic E-state index is 6.38. The fraction of sp³-hybridized carbons (Fsp3) is 0.308. The van der Waals surface area contributed by atoms with Crippen LogP contribution in [-0.2, 0) is 5.41 Å². The van der Waals surface area contributed by atoms with E-state index in [0.29, 0.717) is 0 Å². The van der Waals surface area contributed by atoms with E-state index >= 15 is 0 Å². The molecule has 0 aliphatic heterocycles. The Morgan fingerprint density at radius 1 is 0.750 bits per heavy atom. The number of hydrogen-bond donors (Lipinski definition) is 0. The molecule has 3 aromatic carbocycles. The van der Waals surface area contributed by atoms with Crippen molar-refractivity contribution >= 4 is 33.4 Å². The summed E-state index contributed by atoms with van der Waals surface area (Å²) in [6.45, 7) is 15.1. The number of para-hydroxylation sites is 1. The number of rotatable bonds is 1. The van der Waals surface area contributed by atoms with Gasteiger partial charge in [0, 0.05) is 15.8 Å². The summed E-state index contributed by atoms with van der Waals surface area (Å²) in [5, 5.41) is 3.28. The normalized spacial score (nSPS) is 11.6. The Balaban J connectivity index is 0.00000109. The van der Waals surface area contributed by atoms with E-state index < -0.39 is 0 Å².